The Hall–Kier alpha value is -0.850. The third-order valence-electron chi connectivity index (χ3n) is 3.72. The topological polar surface area (TPSA) is 12.9 Å². The van der Waals surface area contributed by atoms with Crippen molar-refractivity contribution >= 4 is 0 Å². The monoisotopic (exact) mass is 247 g/mol. The Kier molecular flexibility index (Phi) is 6.38. The second-order valence-electron chi connectivity index (χ2n) is 5.91. The fraction of sp³-hybridized carbons (Fsp3) is 0.706. The summed E-state index contributed by atoms with van der Waals surface area (Å²) in [5.41, 5.74) is 4.05. The van der Waals surface area contributed by atoms with Crippen molar-refractivity contribution in [3.63, 3.8) is 0 Å². The van der Waals surface area contributed by atoms with Gasteiger partial charge in [0.05, 0.1) is 0 Å². The van der Waals surface area contributed by atoms with Crippen LogP contribution in [0, 0.1) is 11.8 Å². The molecule has 1 unspecified atom stereocenters. The maximum Gasteiger partial charge on any atom is 0.0438 e. The minimum Gasteiger partial charge on any atom is -0.258 e. The van der Waals surface area contributed by atoms with Crippen LogP contribution >= 0.6 is 0 Å². The van der Waals surface area contributed by atoms with Gasteiger partial charge >= 0.3 is 0 Å². The van der Waals surface area contributed by atoms with E-state index in [1.165, 1.54) is 29.8 Å². The van der Waals surface area contributed by atoms with Crippen molar-refractivity contribution < 1.29 is 0 Å². The number of hydrogen-bond donors (Lipinski definition) is 0. The zero-order chi connectivity index (χ0) is 13.5. The van der Waals surface area contributed by atoms with Gasteiger partial charge in [-0.05, 0) is 49.1 Å². The van der Waals surface area contributed by atoms with Gasteiger partial charge in [0.2, 0.25) is 0 Å². The van der Waals surface area contributed by atoms with Gasteiger partial charge in [-0.3, -0.25) is 4.98 Å². The molecule has 0 spiro atoms. The summed E-state index contributed by atoms with van der Waals surface area (Å²) in [5.74, 6) is 1.50. The molecule has 0 aliphatic rings. The van der Waals surface area contributed by atoms with Crippen LogP contribution in [-0.2, 0) is 19.3 Å². The lowest BCUT2D eigenvalue weighted by Crippen LogP contribution is -2.06. The molecule has 1 aromatic rings. The summed E-state index contributed by atoms with van der Waals surface area (Å²) < 4.78 is 0. The number of rotatable bonds is 7. The van der Waals surface area contributed by atoms with Crippen LogP contribution in [-0.4, -0.2) is 4.98 Å². The second kappa shape index (κ2) is 7.56. The van der Waals surface area contributed by atoms with Crippen molar-refractivity contribution in [3.05, 3.63) is 29.1 Å². The van der Waals surface area contributed by atoms with Crippen LogP contribution in [0.15, 0.2) is 12.1 Å². The standard InChI is InChI=1S/C17H29N/c1-6-14(5)12-16-10-9-15(7-2)17(18-16)11-8-13(3)4/h9-10,13-14H,6-8,11-12H2,1-5H3. The predicted molar refractivity (Wildman–Crippen MR) is 79.9 cm³/mol. The molecule has 0 radical (unpaired) electrons. The fourth-order valence-corrected chi connectivity index (χ4v) is 2.15. The average molecular weight is 247 g/mol. The number of hydrogen-bond acceptors (Lipinski definition) is 1. The van der Waals surface area contributed by atoms with Crippen molar-refractivity contribution in [2.75, 3.05) is 0 Å². The van der Waals surface area contributed by atoms with E-state index in [-0.39, 0.29) is 0 Å². The Labute approximate surface area is 113 Å². The van der Waals surface area contributed by atoms with Crippen molar-refractivity contribution in [3.8, 4) is 0 Å². The highest BCUT2D eigenvalue weighted by atomic mass is 14.7. The van der Waals surface area contributed by atoms with Gasteiger partial charge in [0.15, 0.2) is 0 Å². The molecule has 0 fully saturated rings. The first-order chi connectivity index (χ1) is 8.56. The van der Waals surface area contributed by atoms with Crippen molar-refractivity contribution in [1.82, 2.24) is 4.98 Å². The van der Waals surface area contributed by atoms with E-state index < -0.39 is 0 Å². The van der Waals surface area contributed by atoms with Crippen molar-refractivity contribution in [1.29, 1.82) is 0 Å². The third-order valence-corrected chi connectivity index (χ3v) is 3.72. The SMILES string of the molecule is CCc1ccc(CC(C)CC)nc1CCC(C)C. The molecule has 0 aromatic carbocycles. The number of nitrogens with zero attached hydrogens (tertiary/aromatic N) is 1. The Balaban J connectivity index is 2.80. The van der Waals surface area contributed by atoms with E-state index in [1.807, 2.05) is 0 Å². The summed E-state index contributed by atoms with van der Waals surface area (Å²) in [7, 11) is 0. The Morgan fingerprint density at radius 1 is 1.11 bits per heavy atom. The lowest BCUT2D eigenvalue weighted by molar-refractivity contribution is 0.546. The summed E-state index contributed by atoms with van der Waals surface area (Å²) in [6, 6.07) is 4.52. The average Bonchev–Trinajstić information content (AvgIpc) is 2.36. The van der Waals surface area contributed by atoms with E-state index >= 15 is 0 Å². The molecule has 1 atom stereocenters. The van der Waals surface area contributed by atoms with Gasteiger partial charge in [-0.25, -0.2) is 0 Å². The van der Waals surface area contributed by atoms with Crippen LogP contribution in [0.25, 0.3) is 0 Å². The van der Waals surface area contributed by atoms with Crippen LogP contribution in [0.3, 0.4) is 0 Å². The van der Waals surface area contributed by atoms with Gasteiger partial charge in [-0.2, -0.15) is 0 Å². The minimum absolute atomic E-state index is 0.739. The fourth-order valence-electron chi connectivity index (χ4n) is 2.15. The summed E-state index contributed by atoms with van der Waals surface area (Å²) in [5, 5.41) is 0. The highest BCUT2D eigenvalue weighted by molar-refractivity contribution is 5.23. The Morgan fingerprint density at radius 2 is 1.83 bits per heavy atom. The van der Waals surface area contributed by atoms with Gasteiger partial charge in [-0.1, -0.05) is 47.1 Å². The molecule has 18 heavy (non-hydrogen) atoms. The number of aryl methyl sites for hydroxylation is 2. The highest BCUT2D eigenvalue weighted by Gasteiger charge is 2.08. The molecule has 0 N–H and O–H groups in total. The van der Waals surface area contributed by atoms with Crippen LogP contribution < -0.4 is 0 Å². The molecule has 1 rings (SSSR count). The van der Waals surface area contributed by atoms with Crippen LogP contribution in [0.1, 0.15) is 64.4 Å². The van der Waals surface area contributed by atoms with E-state index in [1.54, 1.807) is 0 Å². The maximum atomic E-state index is 4.90. The first-order valence-electron chi connectivity index (χ1n) is 7.54. The smallest absolute Gasteiger partial charge is 0.0438 e. The van der Waals surface area contributed by atoms with E-state index in [0.29, 0.717) is 0 Å². The summed E-state index contributed by atoms with van der Waals surface area (Å²) in [6.07, 6.45) is 5.83. The van der Waals surface area contributed by atoms with Crippen molar-refractivity contribution in [2.24, 2.45) is 11.8 Å². The molecule has 0 saturated heterocycles. The lowest BCUT2D eigenvalue weighted by Gasteiger charge is -2.13. The maximum absolute atomic E-state index is 4.90. The molecule has 1 nitrogen and oxygen atoms in total. The van der Waals surface area contributed by atoms with E-state index in [4.69, 9.17) is 4.98 Å². The molecule has 0 aliphatic heterocycles. The minimum atomic E-state index is 0.739. The van der Waals surface area contributed by atoms with Gasteiger partial charge in [0.25, 0.3) is 0 Å². The van der Waals surface area contributed by atoms with E-state index in [9.17, 15) is 0 Å². The normalized spacial score (nSPS) is 13.0. The first-order valence-corrected chi connectivity index (χ1v) is 7.54. The van der Waals surface area contributed by atoms with Crippen LogP contribution in [0.2, 0.25) is 0 Å². The second-order valence-corrected chi connectivity index (χ2v) is 5.91. The van der Waals surface area contributed by atoms with Gasteiger partial charge in [0, 0.05) is 11.4 Å². The molecule has 1 heteroatoms. The van der Waals surface area contributed by atoms with Crippen LogP contribution in [0.4, 0.5) is 0 Å². The largest absolute Gasteiger partial charge is 0.258 e. The zero-order valence-corrected chi connectivity index (χ0v) is 12.8. The first kappa shape index (κ1) is 15.2. The molecule has 0 amide bonds. The highest BCUT2D eigenvalue weighted by Crippen LogP contribution is 2.16. The quantitative estimate of drug-likeness (QED) is 0.673. The summed E-state index contributed by atoms with van der Waals surface area (Å²) >= 11 is 0. The predicted octanol–water partition coefficient (Wildman–Crippen LogP) is 4.82. The molecule has 0 saturated carbocycles. The van der Waals surface area contributed by atoms with E-state index in [0.717, 1.165) is 31.1 Å². The Morgan fingerprint density at radius 3 is 2.39 bits per heavy atom. The number of aromatic nitrogens is 1. The molecule has 102 valence electrons. The van der Waals surface area contributed by atoms with Crippen molar-refractivity contribution in [2.45, 2.75) is 66.7 Å². The molecule has 0 bridgehead atoms. The van der Waals surface area contributed by atoms with Gasteiger partial charge in [-0.15, -0.1) is 0 Å². The Bertz CT molecular complexity index is 355. The molecular weight excluding hydrogens is 218 g/mol. The zero-order valence-electron chi connectivity index (χ0n) is 12.8. The molecule has 0 aliphatic carbocycles. The lowest BCUT2D eigenvalue weighted by atomic mass is 9.98. The summed E-state index contributed by atoms with van der Waals surface area (Å²) in [4.78, 5) is 4.90. The molecule has 1 heterocycles. The molecular formula is C17H29N. The van der Waals surface area contributed by atoms with Gasteiger partial charge in [0.1, 0.15) is 0 Å². The van der Waals surface area contributed by atoms with Crippen LogP contribution in [0.5, 0.6) is 0 Å². The molecule has 1 aromatic heterocycles. The van der Waals surface area contributed by atoms with E-state index in [2.05, 4.69) is 46.8 Å². The van der Waals surface area contributed by atoms with Gasteiger partial charge < -0.3 is 0 Å². The number of pyridine rings is 1. The summed E-state index contributed by atoms with van der Waals surface area (Å²) in [6.45, 7) is 11.4. The third kappa shape index (κ3) is 4.80.